The molecule has 0 aliphatic carbocycles. The molecule has 4 rings (SSSR count). The molecule has 3 aromatic rings. The molecule has 0 saturated heterocycles. The minimum Gasteiger partial charge on any atom is -0.287 e. The molecule has 1 aliphatic rings. The van der Waals surface area contributed by atoms with Crippen LogP contribution in [0.5, 0.6) is 0 Å². The van der Waals surface area contributed by atoms with Gasteiger partial charge in [-0.25, -0.2) is 13.2 Å². The molecule has 0 radical (unpaired) electrons. The number of para-hydroxylation sites is 1. The summed E-state index contributed by atoms with van der Waals surface area (Å²) in [5.74, 6) is 0. The Morgan fingerprint density at radius 1 is 0.875 bits per heavy atom. The van der Waals surface area contributed by atoms with Crippen molar-refractivity contribution < 1.29 is 26.4 Å². The molecule has 0 N–H and O–H groups in total. The van der Waals surface area contributed by atoms with Crippen LogP contribution in [-0.2, 0) is 22.7 Å². The summed E-state index contributed by atoms with van der Waals surface area (Å²) < 4.78 is 66.8. The number of alkyl halides is 3. The lowest BCUT2D eigenvalue weighted by Crippen LogP contribution is -2.50. The lowest BCUT2D eigenvalue weighted by molar-refractivity contribution is -0.137. The third kappa shape index (κ3) is 3.73. The smallest absolute Gasteiger partial charge is 0.287 e. The maximum absolute atomic E-state index is 13.4. The molecule has 1 aliphatic heterocycles. The highest BCUT2D eigenvalue weighted by molar-refractivity contribution is 7.94. The van der Waals surface area contributed by atoms with E-state index in [1.807, 2.05) is 6.92 Å². The van der Waals surface area contributed by atoms with Crippen LogP contribution in [0.15, 0.2) is 71.6 Å². The summed E-state index contributed by atoms with van der Waals surface area (Å²) in [4.78, 5) is 14.5. The quantitative estimate of drug-likeness (QED) is 0.507. The number of anilines is 2. The fraction of sp³-hybridized carbons (Fsp3) is 0.174. The average Bonchev–Trinajstić information content (AvgIpc) is 2.73. The van der Waals surface area contributed by atoms with Crippen molar-refractivity contribution >= 4 is 27.4 Å². The van der Waals surface area contributed by atoms with E-state index in [0.717, 1.165) is 23.3 Å². The van der Waals surface area contributed by atoms with Gasteiger partial charge >= 0.3 is 12.2 Å². The van der Waals surface area contributed by atoms with Crippen LogP contribution in [0.2, 0.25) is 0 Å². The first-order valence-electron chi connectivity index (χ1n) is 9.69. The van der Waals surface area contributed by atoms with Crippen molar-refractivity contribution in [3.05, 3.63) is 89.0 Å². The maximum atomic E-state index is 13.4. The predicted octanol–water partition coefficient (Wildman–Crippen LogP) is 5.66. The van der Waals surface area contributed by atoms with Crippen LogP contribution >= 0.6 is 0 Å². The minimum atomic E-state index is -4.53. The van der Waals surface area contributed by atoms with Crippen molar-refractivity contribution in [2.75, 3.05) is 9.21 Å². The van der Waals surface area contributed by atoms with Gasteiger partial charge in [-0.05, 0) is 66.9 Å². The van der Waals surface area contributed by atoms with E-state index in [1.165, 1.54) is 41.3 Å². The van der Waals surface area contributed by atoms with Crippen molar-refractivity contribution in [2.45, 2.75) is 31.5 Å². The number of benzene rings is 3. The molecular formula is C23H19F3N2O3S. The molecule has 32 heavy (non-hydrogen) atoms. The first-order chi connectivity index (χ1) is 15.0. The van der Waals surface area contributed by atoms with Gasteiger partial charge in [0, 0.05) is 0 Å². The molecule has 0 atom stereocenters. The number of hydrogen-bond donors (Lipinski definition) is 0. The van der Waals surface area contributed by atoms with Crippen LogP contribution in [0, 0.1) is 13.8 Å². The zero-order valence-corrected chi connectivity index (χ0v) is 18.0. The highest BCUT2D eigenvalue weighted by Gasteiger charge is 2.42. The lowest BCUT2D eigenvalue weighted by Gasteiger charge is -2.36. The van der Waals surface area contributed by atoms with E-state index < -0.39 is 27.8 Å². The van der Waals surface area contributed by atoms with Crippen molar-refractivity contribution in [2.24, 2.45) is 0 Å². The monoisotopic (exact) mass is 460 g/mol. The number of fused-ring (bicyclic) bond motifs is 1. The highest BCUT2D eigenvalue weighted by Crippen LogP contribution is 2.38. The molecule has 9 heteroatoms. The van der Waals surface area contributed by atoms with Crippen molar-refractivity contribution in [3.63, 3.8) is 0 Å². The molecule has 0 aromatic heterocycles. The number of carbonyl (C=O) groups is 1. The van der Waals surface area contributed by atoms with Gasteiger partial charge in [0.05, 0.1) is 23.5 Å². The molecular weight excluding hydrogens is 441 g/mol. The van der Waals surface area contributed by atoms with Crippen LogP contribution in [-0.4, -0.2) is 14.4 Å². The summed E-state index contributed by atoms with van der Waals surface area (Å²) in [6, 6.07) is 14.6. The zero-order chi connectivity index (χ0) is 23.3. The van der Waals surface area contributed by atoms with E-state index in [-0.39, 0.29) is 28.4 Å². The fourth-order valence-electron chi connectivity index (χ4n) is 3.59. The second kappa shape index (κ2) is 7.67. The maximum Gasteiger partial charge on any atom is 0.416 e. The van der Waals surface area contributed by atoms with Crippen LogP contribution < -0.4 is 9.21 Å². The summed E-state index contributed by atoms with van der Waals surface area (Å²) in [5.41, 5.74) is 1.40. The highest BCUT2D eigenvalue weighted by atomic mass is 32.2. The summed E-state index contributed by atoms with van der Waals surface area (Å²) in [6.45, 7) is 3.44. The van der Waals surface area contributed by atoms with E-state index in [2.05, 4.69) is 0 Å². The summed E-state index contributed by atoms with van der Waals surface area (Å²) in [5, 5.41) is 0. The topological polar surface area (TPSA) is 57.7 Å². The third-order valence-electron chi connectivity index (χ3n) is 5.40. The molecule has 2 amide bonds. The van der Waals surface area contributed by atoms with Crippen LogP contribution in [0.4, 0.5) is 29.3 Å². The van der Waals surface area contributed by atoms with Gasteiger partial charge in [-0.15, -0.1) is 0 Å². The number of nitrogens with zero attached hydrogens (tertiary/aromatic N) is 2. The van der Waals surface area contributed by atoms with Gasteiger partial charge in [0.15, 0.2) is 0 Å². The van der Waals surface area contributed by atoms with Gasteiger partial charge in [-0.2, -0.15) is 17.5 Å². The number of urea groups is 1. The zero-order valence-electron chi connectivity index (χ0n) is 17.2. The van der Waals surface area contributed by atoms with Crippen LogP contribution in [0.3, 0.4) is 0 Å². The van der Waals surface area contributed by atoms with E-state index >= 15 is 0 Å². The Morgan fingerprint density at radius 2 is 1.59 bits per heavy atom. The lowest BCUT2D eigenvalue weighted by atomic mass is 10.1. The van der Waals surface area contributed by atoms with Crippen molar-refractivity contribution in [3.8, 4) is 0 Å². The van der Waals surface area contributed by atoms with Gasteiger partial charge < -0.3 is 0 Å². The molecule has 0 spiro atoms. The van der Waals surface area contributed by atoms with Gasteiger partial charge in [0.1, 0.15) is 4.90 Å². The number of carbonyl (C=O) groups excluding carboxylic acids is 1. The Morgan fingerprint density at radius 3 is 2.28 bits per heavy atom. The Labute approximate surface area is 183 Å². The van der Waals surface area contributed by atoms with E-state index in [4.69, 9.17) is 0 Å². The molecule has 0 fully saturated rings. The van der Waals surface area contributed by atoms with E-state index in [1.54, 1.807) is 25.1 Å². The van der Waals surface area contributed by atoms with E-state index in [0.29, 0.717) is 4.31 Å². The molecule has 3 aromatic carbocycles. The van der Waals surface area contributed by atoms with Crippen LogP contribution in [0.25, 0.3) is 0 Å². The third-order valence-corrected chi connectivity index (χ3v) is 7.15. The number of aryl methyl sites for hydroxylation is 2. The Balaban J connectivity index is 1.84. The Bertz CT molecular complexity index is 1320. The predicted molar refractivity (Wildman–Crippen MR) is 115 cm³/mol. The molecule has 1 heterocycles. The summed E-state index contributed by atoms with van der Waals surface area (Å²) in [6.07, 6.45) is -4.53. The largest absolute Gasteiger partial charge is 0.416 e. The van der Waals surface area contributed by atoms with Gasteiger partial charge in [-0.1, -0.05) is 30.3 Å². The first kappa shape index (κ1) is 21.9. The Hall–Kier alpha value is -3.33. The van der Waals surface area contributed by atoms with Gasteiger partial charge in [-0.3, -0.25) is 4.90 Å². The SMILES string of the molecule is Cc1ccc(N2C(=O)N(Cc3cccc(C(F)(F)F)c3)c3ccccc3S2(=O)=O)cc1C. The van der Waals surface area contributed by atoms with Crippen LogP contribution in [0.1, 0.15) is 22.3 Å². The number of hydrogen-bond acceptors (Lipinski definition) is 3. The summed E-state index contributed by atoms with van der Waals surface area (Å²) >= 11 is 0. The van der Waals surface area contributed by atoms with E-state index in [9.17, 15) is 26.4 Å². The van der Waals surface area contributed by atoms with Gasteiger partial charge in [0.25, 0.3) is 10.0 Å². The second-order valence-electron chi connectivity index (χ2n) is 7.57. The number of rotatable bonds is 3. The second-order valence-corrected chi connectivity index (χ2v) is 9.33. The number of sulfonamides is 1. The molecule has 0 bridgehead atoms. The molecule has 0 saturated carbocycles. The molecule has 0 unspecified atom stereocenters. The summed E-state index contributed by atoms with van der Waals surface area (Å²) in [7, 11) is -4.21. The standard InChI is InChI=1S/C23H19F3N2O3S/c1-15-10-11-19(12-16(15)2)28-22(29)27(20-8-3-4-9-21(20)32(28,30)31)14-17-6-5-7-18(13-17)23(24,25)26/h3-13H,14H2,1-2H3. The Kier molecular flexibility index (Phi) is 5.24. The normalized spacial score (nSPS) is 15.6. The minimum absolute atomic E-state index is 0.0928. The number of amides is 2. The van der Waals surface area contributed by atoms with Gasteiger partial charge in [0.2, 0.25) is 0 Å². The van der Waals surface area contributed by atoms with Crippen molar-refractivity contribution in [1.82, 2.24) is 0 Å². The van der Waals surface area contributed by atoms with Crippen molar-refractivity contribution in [1.29, 1.82) is 0 Å². The molecule has 166 valence electrons. The first-order valence-corrected chi connectivity index (χ1v) is 11.1. The fourth-order valence-corrected chi connectivity index (χ4v) is 5.18. The average molecular weight is 460 g/mol. The molecule has 5 nitrogen and oxygen atoms in total. The number of halogens is 3.